The second-order valence-corrected chi connectivity index (χ2v) is 5.16. The first-order valence-corrected chi connectivity index (χ1v) is 6.32. The van der Waals surface area contributed by atoms with Crippen molar-refractivity contribution in [2.75, 3.05) is 24.3 Å². The number of hydrogen-bond acceptors (Lipinski definition) is 3. The molecule has 0 aliphatic heterocycles. The fraction of sp³-hybridized carbons (Fsp3) is 0.500. The number of hydrogen-bond donors (Lipinski definition) is 2. The number of benzene rings is 1. The minimum absolute atomic E-state index is 0.706. The molecule has 0 heterocycles. The Balaban J connectivity index is 2.15. The van der Waals surface area contributed by atoms with Gasteiger partial charge in [0.05, 0.1) is 0 Å². The summed E-state index contributed by atoms with van der Waals surface area (Å²) in [7, 11) is 3.97. The first kappa shape index (κ1) is 12.7. The summed E-state index contributed by atoms with van der Waals surface area (Å²) in [6.07, 6.45) is 3.37. The molecule has 1 saturated carbocycles. The number of nitrogens with one attached hydrogen (secondary N) is 1. The van der Waals surface area contributed by atoms with E-state index in [4.69, 9.17) is 0 Å². The molecule has 0 bridgehead atoms. The molecular weight excluding hydrogens is 228 g/mol. The van der Waals surface area contributed by atoms with Crippen LogP contribution in [0.25, 0.3) is 0 Å². The first-order valence-electron chi connectivity index (χ1n) is 6.32. The Labute approximate surface area is 108 Å². The number of carbonyl (C=O) groups is 1. The van der Waals surface area contributed by atoms with Gasteiger partial charge in [-0.2, -0.15) is 0 Å². The minimum atomic E-state index is -0.764. The fourth-order valence-corrected chi connectivity index (χ4v) is 2.49. The third kappa shape index (κ3) is 2.42. The van der Waals surface area contributed by atoms with Crippen molar-refractivity contribution in [1.82, 2.24) is 0 Å². The molecule has 1 aliphatic carbocycles. The zero-order chi connectivity index (χ0) is 13.2. The molecule has 0 radical (unpaired) electrons. The van der Waals surface area contributed by atoms with E-state index in [1.807, 2.05) is 43.3 Å². The average Bonchev–Trinajstić information content (AvgIpc) is 2.79. The standard InChI is InChI=1S/C14H20N2O2/c1-16(2)12-7-5-11(6-8-12)15-14(13(17)18)9-3-4-10-14/h5-8,15H,3-4,9-10H2,1-2H3,(H,17,18). The van der Waals surface area contributed by atoms with Crippen molar-refractivity contribution in [3.05, 3.63) is 24.3 Å². The highest BCUT2D eigenvalue weighted by Crippen LogP contribution is 2.33. The normalized spacial score (nSPS) is 17.4. The molecular formula is C14H20N2O2. The maximum Gasteiger partial charge on any atom is 0.329 e. The van der Waals surface area contributed by atoms with Gasteiger partial charge in [-0.25, -0.2) is 4.79 Å². The molecule has 4 nitrogen and oxygen atoms in total. The van der Waals surface area contributed by atoms with Gasteiger partial charge in [-0.05, 0) is 37.1 Å². The third-order valence-corrected chi connectivity index (χ3v) is 3.63. The van der Waals surface area contributed by atoms with E-state index >= 15 is 0 Å². The van der Waals surface area contributed by atoms with Crippen LogP contribution in [-0.4, -0.2) is 30.7 Å². The largest absolute Gasteiger partial charge is 0.480 e. The highest BCUT2D eigenvalue weighted by molar-refractivity contribution is 5.83. The number of carboxylic acids is 1. The Morgan fingerprint density at radius 2 is 1.78 bits per heavy atom. The van der Waals surface area contributed by atoms with Gasteiger partial charge in [0.1, 0.15) is 5.54 Å². The first-order chi connectivity index (χ1) is 8.53. The van der Waals surface area contributed by atoms with Gasteiger partial charge in [0.2, 0.25) is 0 Å². The van der Waals surface area contributed by atoms with Crippen LogP contribution in [0.5, 0.6) is 0 Å². The summed E-state index contributed by atoms with van der Waals surface area (Å²) in [5, 5.41) is 12.6. The van der Waals surface area contributed by atoms with Crippen LogP contribution in [0.3, 0.4) is 0 Å². The van der Waals surface area contributed by atoms with Crippen LogP contribution in [0.4, 0.5) is 11.4 Å². The van der Waals surface area contributed by atoms with E-state index in [0.717, 1.165) is 24.2 Å². The van der Waals surface area contributed by atoms with Crippen LogP contribution >= 0.6 is 0 Å². The van der Waals surface area contributed by atoms with Gasteiger partial charge in [0, 0.05) is 25.5 Å². The highest BCUT2D eigenvalue weighted by Gasteiger charge is 2.41. The molecule has 0 spiro atoms. The van der Waals surface area contributed by atoms with Gasteiger partial charge < -0.3 is 15.3 Å². The number of aliphatic carboxylic acids is 1. The van der Waals surface area contributed by atoms with Crippen LogP contribution in [-0.2, 0) is 4.79 Å². The van der Waals surface area contributed by atoms with Gasteiger partial charge in [0.15, 0.2) is 0 Å². The van der Waals surface area contributed by atoms with Crippen LogP contribution in [0.1, 0.15) is 25.7 Å². The maximum absolute atomic E-state index is 11.4. The molecule has 1 fully saturated rings. The molecule has 0 unspecified atom stereocenters. The predicted octanol–water partition coefficient (Wildman–Crippen LogP) is 2.56. The lowest BCUT2D eigenvalue weighted by Gasteiger charge is -2.27. The number of rotatable bonds is 4. The second kappa shape index (κ2) is 4.88. The Morgan fingerprint density at radius 3 is 2.22 bits per heavy atom. The van der Waals surface area contributed by atoms with Crippen LogP contribution in [0.15, 0.2) is 24.3 Å². The summed E-state index contributed by atoms with van der Waals surface area (Å²) in [5.41, 5.74) is 1.22. The summed E-state index contributed by atoms with van der Waals surface area (Å²) in [6, 6.07) is 7.87. The van der Waals surface area contributed by atoms with Crippen molar-refractivity contribution in [2.45, 2.75) is 31.2 Å². The number of anilines is 2. The summed E-state index contributed by atoms with van der Waals surface area (Å²) in [5.74, 6) is -0.739. The molecule has 1 aromatic carbocycles. The van der Waals surface area contributed by atoms with Crippen molar-refractivity contribution >= 4 is 17.3 Å². The molecule has 18 heavy (non-hydrogen) atoms. The van der Waals surface area contributed by atoms with Crippen molar-refractivity contribution < 1.29 is 9.90 Å². The van der Waals surface area contributed by atoms with Crippen molar-refractivity contribution in [1.29, 1.82) is 0 Å². The summed E-state index contributed by atoms with van der Waals surface area (Å²) >= 11 is 0. The SMILES string of the molecule is CN(C)c1ccc(NC2(C(=O)O)CCCC2)cc1. The lowest BCUT2D eigenvalue weighted by atomic mass is 9.97. The van der Waals surface area contributed by atoms with Crippen LogP contribution < -0.4 is 10.2 Å². The topological polar surface area (TPSA) is 52.6 Å². The monoisotopic (exact) mass is 248 g/mol. The Bertz CT molecular complexity index is 420. The lowest BCUT2D eigenvalue weighted by Crippen LogP contribution is -2.43. The van der Waals surface area contributed by atoms with Crippen molar-refractivity contribution in [2.24, 2.45) is 0 Å². The van der Waals surface area contributed by atoms with Gasteiger partial charge in [-0.15, -0.1) is 0 Å². The van der Waals surface area contributed by atoms with Gasteiger partial charge in [-0.3, -0.25) is 0 Å². The van der Waals surface area contributed by atoms with Crippen LogP contribution in [0, 0.1) is 0 Å². The smallest absolute Gasteiger partial charge is 0.329 e. The average molecular weight is 248 g/mol. The molecule has 0 atom stereocenters. The molecule has 0 aromatic heterocycles. The molecule has 1 aliphatic rings. The van der Waals surface area contributed by atoms with E-state index < -0.39 is 11.5 Å². The zero-order valence-electron chi connectivity index (χ0n) is 10.9. The van der Waals surface area contributed by atoms with E-state index in [-0.39, 0.29) is 0 Å². The number of nitrogens with zero attached hydrogens (tertiary/aromatic N) is 1. The molecule has 4 heteroatoms. The summed E-state index contributed by atoms with van der Waals surface area (Å²) < 4.78 is 0. The Morgan fingerprint density at radius 1 is 1.22 bits per heavy atom. The van der Waals surface area contributed by atoms with Crippen molar-refractivity contribution in [3.63, 3.8) is 0 Å². The molecule has 0 saturated heterocycles. The van der Waals surface area contributed by atoms with Gasteiger partial charge in [-0.1, -0.05) is 12.8 Å². The lowest BCUT2D eigenvalue weighted by molar-refractivity contribution is -0.142. The molecule has 98 valence electrons. The predicted molar refractivity (Wildman–Crippen MR) is 73.2 cm³/mol. The van der Waals surface area contributed by atoms with E-state index in [2.05, 4.69) is 5.32 Å². The maximum atomic E-state index is 11.4. The van der Waals surface area contributed by atoms with E-state index in [1.165, 1.54) is 0 Å². The zero-order valence-corrected chi connectivity index (χ0v) is 10.9. The minimum Gasteiger partial charge on any atom is -0.480 e. The fourth-order valence-electron chi connectivity index (χ4n) is 2.49. The highest BCUT2D eigenvalue weighted by atomic mass is 16.4. The quantitative estimate of drug-likeness (QED) is 0.860. The van der Waals surface area contributed by atoms with E-state index in [9.17, 15) is 9.90 Å². The Hall–Kier alpha value is -1.71. The third-order valence-electron chi connectivity index (χ3n) is 3.63. The van der Waals surface area contributed by atoms with Crippen LogP contribution in [0.2, 0.25) is 0 Å². The molecule has 1 aromatic rings. The molecule has 0 amide bonds. The van der Waals surface area contributed by atoms with Gasteiger partial charge in [0.25, 0.3) is 0 Å². The van der Waals surface area contributed by atoms with Gasteiger partial charge >= 0.3 is 5.97 Å². The van der Waals surface area contributed by atoms with E-state index in [1.54, 1.807) is 0 Å². The molecule has 2 N–H and O–H groups in total. The summed E-state index contributed by atoms with van der Waals surface area (Å²) in [4.78, 5) is 13.5. The van der Waals surface area contributed by atoms with Crippen molar-refractivity contribution in [3.8, 4) is 0 Å². The summed E-state index contributed by atoms with van der Waals surface area (Å²) in [6.45, 7) is 0. The Kier molecular flexibility index (Phi) is 3.45. The van der Waals surface area contributed by atoms with E-state index in [0.29, 0.717) is 12.8 Å². The number of carboxylic acid groups (broad SMARTS) is 1. The molecule has 2 rings (SSSR count). The second-order valence-electron chi connectivity index (χ2n) is 5.16.